The molecule has 0 fully saturated rings. The fraction of sp³-hybridized carbons (Fsp3) is 0.333. The molecule has 0 heterocycles. The Balaban J connectivity index is 0. The van der Waals surface area contributed by atoms with Crippen LogP contribution in [0.1, 0.15) is 13.8 Å². The summed E-state index contributed by atoms with van der Waals surface area (Å²) in [5, 5.41) is 0. The summed E-state index contributed by atoms with van der Waals surface area (Å²) < 4.78 is 45.2. The molecule has 0 unspecified atom stereocenters. The summed E-state index contributed by atoms with van der Waals surface area (Å²) in [7, 11) is -4.51. The molecule has 0 atom stereocenters. The van der Waals surface area contributed by atoms with E-state index in [0.29, 0.717) is 0 Å². The third-order valence-corrected chi connectivity index (χ3v) is 2.48. The molecule has 0 saturated carbocycles. The Bertz CT molecular complexity index is 303. The van der Waals surface area contributed by atoms with E-state index < -0.39 is 20.5 Å². The van der Waals surface area contributed by atoms with Crippen LogP contribution in [-0.4, -0.2) is 14.2 Å². The van der Waals surface area contributed by atoms with Gasteiger partial charge in [0.05, 0.1) is 4.91 Å². The number of allylic oxidation sites excluding steroid dienone is 3. The highest BCUT2D eigenvalue weighted by Gasteiger charge is 2.26. The van der Waals surface area contributed by atoms with Crippen LogP contribution < -0.4 is 0 Å². The first-order valence-electron chi connectivity index (χ1n) is 3.94. The second-order valence-electron chi connectivity index (χ2n) is 1.81. The molecule has 0 amide bonds. The van der Waals surface area contributed by atoms with Gasteiger partial charge in [0.15, 0.2) is 0 Å². The van der Waals surface area contributed by atoms with E-state index in [4.69, 9.17) is 0 Å². The first-order chi connectivity index (χ1) is 6.46. The zero-order valence-corrected chi connectivity index (χ0v) is 9.02. The summed E-state index contributed by atoms with van der Waals surface area (Å²) in [6, 6.07) is 0. The van der Waals surface area contributed by atoms with Crippen molar-refractivity contribution >= 4 is 9.84 Å². The Morgan fingerprint density at radius 3 is 1.93 bits per heavy atom. The van der Waals surface area contributed by atoms with Gasteiger partial charge in [0, 0.05) is 0 Å². The van der Waals surface area contributed by atoms with E-state index in [-0.39, 0.29) is 0 Å². The SMILES string of the molecule is C=C/C=C(\C=C)S(=O)(=O)C(F)F.CC. The van der Waals surface area contributed by atoms with Crippen LogP contribution in [0.5, 0.6) is 0 Å². The van der Waals surface area contributed by atoms with Gasteiger partial charge >= 0.3 is 5.76 Å². The Hall–Kier alpha value is -0.970. The van der Waals surface area contributed by atoms with Crippen LogP contribution in [0.3, 0.4) is 0 Å². The fourth-order valence-electron chi connectivity index (χ4n) is 0.498. The molecule has 0 aliphatic rings. The Morgan fingerprint density at radius 1 is 1.29 bits per heavy atom. The third kappa shape index (κ3) is 4.32. The summed E-state index contributed by atoms with van der Waals surface area (Å²) in [5.41, 5.74) is 0. The van der Waals surface area contributed by atoms with Crippen LogP contribution in [0.15, 0.2) is 36.3 Å². The average Bonchev–Trinajstić information content (AvgIpc) is 2.16. The molecule has 14 heavy (non-hydrogen) atoms. The van der Waals surface area contributed by atoms with Crippen LogP contribution in [-0.2, 0) is 9.84 Å². The molecule has 0 aromatic heterocycles. The van der Waals surface area contributed by atoms with E-state index in [1.165, 1.54) is 0 Å². The molecule has 82 valence electrons. The predicted molar refractivity (Wildman–Crippen MR) is 54.7 cm³/mol. The monoisotopic (exact) mass is 224 g/mol. The van der Waals surface area contributed by atoms with E-state index in [9.17, 15) is 17.2 Å². The maximum absolute atomic E-state index is 11.9. The number of rotatable bonds is 4. The number of alkyl halides is 2. The number of halogens is 2. The lowest BCUT2D eigenvalue weighted by Crippen LogP contribution is -2.12. The lowest BCUT2D eigenvalue weighted by atomic mass is 10.5. The summed E-state index contributed by atoms with van der Waals surface area (Å²) in [6.45, 7) is 10.3. The van der Waals surface area contributed by atoms with E-state index in [2.05, 4.69) is 13.2 Å². The molecule has 0 N–H and O–H groups in total. The quantitative estimate of drug-likeness (QED) is 0.688. The standard InChI is InChI=1S/C7H8F2O2S.C2H6/c1-3-5-6(4-2)12(10,11)7(8)9;1-2/h3-5,7H,1-2H2;1-2H3/b6-5+;. The molecule has 0 rings (SSSR count). The lowest BCUT2D eigenvalue weighted by molar-refractivity contribution is 0.236. The highest BCUT2D eigenvalue weighted by Crippen LogP contribution is 2.16. The molecule has 0 aromatic carbocycles. The minimum absolute atomic E-state index is 0.521. The van der Waals surface area contributed by atoms with Crippen molar-refractivity contribution in [1.82, 2.24) is 0 Å². The third-order valence-electron chi connectivity index (χ3n) is 1.05. The van der Waals surface area contributed by atoms with Gasteiger partial charge in [-0.2, -0.15) is 8.78 Å². The van der Waals surface area contributed by atoms with Crippen LogP contribution >= 0.6 is 0 Å². The van der Waals surface area contributed by atoms with Gasteiger partial charge in [0.2, 0.25) is 9.84 Å². The molecule has 0 spiro atoms. The molecule has 0 saturated heterocycles. The number of sulfone groups is 1. The second-order valence-corrected chi connectivity index (χ2v) is 3.73. The Kier molecular flexibility index (Phi) is 8.23. The second kappa shape index (κ2) is 7.44. The molecular formula is C9H14F2O2S. The van der Waals surface area contributed by atoms with Gasteiger partial charge in [-0.1, -0.05) is 39.2 Å². The average molecular weight is 224 g/mol. The van der Waals surface area contributed by atoms with Crippen molar-refractivity contribution in [3.63, 3.8) is 0 Å². The predicted octanol–water partition coefficient (Wildman–Crippen LogP) is 2.91. The van der Waals surface area contributed by atoms with Crippen LogP contribution in [0.4, 0.5) is 8.78 Å². The Morgan fingerprint density at radius 2 is 1.71 bits per heavy atom. The first kappa shape index (κ1) is 15.5. The van der Waals surface area contributed by atoms with Crippen molar-refractivity contribution in [2.75, 3.05) is 0 Å². The van der Waals surface area contributed by atoms with Crippen LogP contribution in [0, 0.1) is 0 Å². The molecule has 2 nitrogen and oxygen atoms in total. The molecule has 0 bridgehead atoms. The number of hydrogen-bond acceptors (Lipinski definition) is 2. The van der Waals surface area contributed by atoms with Crippen molar-refractivity contribution in [3.05, 3.63) is 36.3 Å². The van der Waals surface area contributed by atoms with Crippen molar-refractivity contribution in [3.8, 4) is 0 Å². The van der Waals surface area contributed by atoms with Crippen molar-refractivity contribution in [2.45, 2.75) is 19.6 Å². The maximum atomic E-state index is 11.9. The minimum Gasteiger partial charge on any atom is -0.218 e. The van der Waals surface area contributed by atoms with Gasteiger partial charge in [-0.15, -0.1) is 0 Å². The van der Waals surface area contributed by atoms with Crippen molar-refractivity contribution in [1.29, 1.82) is 0 Å². The van der Waals surface area contributed by atoms with E-state index in [1.807, 2.05) is 13.8 Å². The van der Waals surface area contributed by atoms with Crippen LogP contribution in [0.25, 0.3) is 0 Å². The highest BCUT2D eigenvalue weighted by atomic mass is 32.2. The summed E-state index contributed by atoms with van der Waals surface area (Å²) in [4.78, 5) is -0.521. The molecule has 0 aromatic rings. The molecular weight excluding hydrogens is 210 g/mol. The lowest BCUT2D eigenvalue weighted by Gasteiger charge is -2.01. The zero-order chi connectivity index (χ0) is 11.8. The van der Waals surface area contributed by atoms with Crippen LogP contribution in [0.2, 0.25) is 0 Å². The zero-order valence-electron chi connectivity index (χ0n) is 8.20. The summed E-state index contributed by atoms with van der Waals surface area (Å²) >= 11 is 0. The van der Waals surface area contributed by atoms with Gasteiger partial charge < -0.3 is 0 Å². The largest absolute Gasteiger partial charge is 0.341 e. The molecule has 0 aliphatic heterocycles. The van der Waals surface area contributed by atoms with Gasteiger partial charge in [-0.25, -0.2) is 8.42 Å². The topological polar surface area (TPSA) is 34.1 Å². The van der Waals surface area contributed by atoms with Gasteiger partial charge in [-0.05, 0) is 6.08 Å². The summed E-state index contributed by atoms with van der Waals surface area (Å²) in [6.07, 6.45) is 2.93. The molecule has 0 radical (unpaired) electrons. The normalized spacial score (nSPS) is 11.6. The van der Waals surface area contributed by atoms with E-state index in [0.717, 1.165) is 18.2 Å². The molecule has 5 heteroatoms. The first-order valence-corrected chi connectivity index (χ1v) is 5.48. The Labute approximate surface area is 83.6 Å². The van der Waals surface area contributed by atoms with E-state index in [1.54, 1.807) is 0 Å². The van der Waals surface area contributed by atoms with Gasteiger partial charge in [0.25, 0.3) is 0 Å². The van der Waals surface area contributed by atoms with Crippen molar-refractivity contribution in [2.24, 2.45) is 0 Å². The minimum atomic E-state index is -4.51. The maximum Gasteiger partial charge on any atom is 0.341 e. The van der Waals surface area contributed by atoms with E-state index >= 15 is 0 Å². The molecule has 0 aliphatic carbocycles. The fourth-order valence-corrected chi connectivity index (χ4v) is 1.22. The smallest absolute Gasteiger partial charge is 0.218 e. The summed E-state index contributed by atoms with van der Waals surface area (Å²) in [5.74, 6) is -3.42. The number of hydrogen-bond donors (Lipinski definition) is 0. The highest BCUT2D eigenvalue weighted by molar-refractivity contribution is 7.95. The van der Waals surface area contributed by atoms with Crippen molar-refractivity contribution < 1.29 is 17.2 Å². The van der Waals surface area contributed by atoms with Gasteiger partial charge in [0.1, 0.15) is 0 Å². The van der Waals surface area contributed by atoms with Gasteiger partial charge in [-0.3, -0.25) is 0 Å².